The van der Waals surface area contributed by atoms with Gasteiger partial charge in [0, 0.05) is 37.3 Å². The average Bonchev–Trinajstić information content (AvgIpc) is 2.38. The van der Waals surface area contributed by atoms with E-state index in [-0.39, 0.29) is 17.6 Å². The summed E-state index contributed by atoms with van der Waals surface area (Å²) in [6.07, 6.45) is 0.799. The van der Waals surface area contributed by atoms with Crippen LogP contribution in [-0.4, -0.2) is 34.3 Å². The number of pyridine rings is 1. The van der Waals surface area contributed by atoms with Gasteiger partial charge in [-0.3, -0.25) is 4.79 Å². The molecule has 5 nitrogen and oxygen atoms in total. The van der Waals surface area contributed by atoms with Crippen LogP contribution in [0.15, 0.2) is 16.9 Å². The Balaban J connectivity index is 1.85. The first-order valence-electron chi connectivity index (χ1n) is 7.92. The van der Waals surface area contributed by atoms with Gasteiger partial charge < -0.3 is 14.2 Å². The molecular weight excluding hydrogens is 280 g/mol. The van der Waals surface area contributed by atoms with E-state index in [4.69, 9.17) is 4.74 Å². The molecule has 1 aromatic rings. The fourth-order valence-corrected chi connectivity index (χ4v) is 3.57. The van der Waals surface area contributed by atoms with Crippen LogP contribution >= 0.6 is 0 Å². The largest absolute Gasteiger partial charge is 0.444 e. The van der Waals surface area contributed by atoms with Crippen molar-refractivity contribution < 1.29 is 9.53 Å². The first-order valence-corrected chi connectivity index (χ1v) is 7.92. The lowest BCUT2D eigenvalue weighted by atomic mass is 9.83. The quantitative estimate of drug-likeness (QED) is 0.740. The molecule has 0 N–H and O–H groups in total. The third kappa shape index (κ3) is 2.89. The van der Waals surface area contributed by atoms with Gasteiger partial charge in [-0.1, -0.05) is 0 Å². The lowest BCUT2D eigenvalue weighted by Crippen LogP contribution is -2.50. The number of aromatic nitrogens is 1. The normalized spacial score (nSPS) is 23.9. The van der Waals surface area contributed by atoms with E-state index in [1.807, 2.05) is 32.3 Å². The molecule has 2 aliphatic rings. The predicted octanol–water partition coefficient (Wildman–Crippen LogP) is 2.51. The lowest BCUT2D eigenvalue weighted by Gasteiger charge is -2.43. The lowest BCUT2D eigenvalue weighted by molar-refractivity contribution is 0.0102. The predicted molar refractivity (Wildman–Crippen MR) is 84.1 cm³/mol. The summed E-state index contributed by atoms with van der Waals surface area (Å²) in [4.78, 5) is 26.3. The van der Waals surface area contributed by atoms with Crippen molar-refractivity contribution in [2.45, 2.75) is 52.2 Å². The zero-order valence-electron chi connectivity index (χ0n) is 13.8. The van der Waals surface area contributed by atoms with Crippen LogP contribution < -0.4 is 5.56 Å². The van der Waals surface area contributed by atoms with Crippen LogP contribution in [0.1, 0.15) is 44.4 Å². The van der Waals surface area contributed by atoms with Crippen molar-refractivity contribution in [3.8, 4) is 0 Å². The van der Waals surface area contributed by atoms with Gasteiger partial charge in [0.1, 0.15) is 5.60 Å². The molecule has 2 aliphatic heterocycles. The zero-order valence-corrected chi connectivity index (χ0v) is 13.8. The summed E-state index contributed by atoms with van der Waals surface area (Å²) in [5.74, 6) is 0.562. The topological polar surface area (TPSA) is 51.5 Å². The van der Waals surface area contributed by atoms with E-state index in [2.05, 4.69) is 6.07 Å². The number of aryl methyl sites for hydroxylation is 1. The Bertz CT molecular complexity index is 657. The second-order valence-corrected chi connectivity index (χ2v) is 7.59. The Hall–Kier alpha value is -1.78. The number of ether oxygens (including phenoxy) is 1. The molecule has 1 saturated heterocycles. The zero-order chi connectivity index (χ0) is 16.1. The van der Waals surface area contributed by atoms with Crippen molar-refractivity contribution in [3.05, 3.63) is 33.7 Å². The Morgan fingerprint density at radius 3 is 2.64 bits per heavy atom. The van der Waals surface area contributed by atoms with Crippen LogP contribution in [0.4, 0.5) is 4.79 Å². The number of carbonyl (C=O) groups is 1. The van der Waals surface area contributed by atoms with Crippen LogP contribution in [-0.2, 0) is 11.3 Å². The number of amides is 1. The van der Waals surface area contributed by atoms with Crippen molar-refractivity contribution in [3.63, 3.8) is 0 Å². The van der Waals surface area contributed by atoms with E-state index >= 15 is 0 Å². The molecule has 1 aromatic heterocycles. The molecule has 0 spiro atoms. The molecule has 5 heteroatoms. The van der Waals surface area contributed by atoms with Gasteiger partial charge >= 0.3 is 6.09 Å². The summed E-state index contributed by atoms with van der Waals surface area (Å²) in [7, 11) is 0. The molecule has 3 heterocycles. The third-order valence-corrected chi connectivity index (χ3v) is 4.35. The summed E-state index contributed by atoms with van der Waals surface area (Å²) in [6.45, 7) is 9.60. The smallest absolute Gasteiger partial charge is 0.410 e. The summed E-state index contributed by atoms with van der Waals surface area (Å²) >= 11 is 0. The van der Waals surface area contributed by atoms with E-state index in [0.29, 0.717) is 25.6 Å². The first-order chi connectivity index (χ1) is 10.2. The van der Waals surface area contributed by atoms with Gasteiger partial charge in [-0.25, -0.2) is 4.79 Å². The molecule has 1 amide bonds. The van der Waals surface area contributed by atoms with Gasteiger partial charge in [0.2, 0.25) is 0 Å². The highest BCUT2D eigenvalue weighted by atomic mass is 16.6. The van der Waals surface area contributed by atoms with Crippen LogP contribution in [0.25, 0.3) is 0 Å². The van der Waals surface area contributed by atoms with Gasteiger partial charge in [-0.2, -0.15) is 0 Å². The summed E-state index contributed by atoms with van der Waals surface area (Å²) in [5, 5.41) is 0. The number of hydrogen-bond acceptors (Lipinski definition) is 3. The number of carbonyl (C=O) groups excluding carboxylic acids is 1. The van der Waals surface area contributed by atoms with Crippen molar-refractivity contribution in [2.24, 2.45) is 5.92 Å². The fraction of sp³-hybridized carbons (Fsp3) is 0.647. The van der Waals surface area contributed by atoms with Gasteiger partial charge in [-0.05, 0) is 51.7 Å². The van der Waals surface area contributed by atoms with Gasteiger partial charge in [0.25, 0.3) is 5.56 Å². The Kier molecular flexibility index (Phi) is 3.54. The third-order valence-electron chi connectivity index (χ3n) is 4.35. The van der Waals surface area contributed by atoms with E-state index < -0.39 is 5.60 Å². The highest BCUT2D eigenvalue weighted by molar-refractivity contribution is 5.68. The van der Waals surface area contributed by atoms with E-state index in [9.17, 15) is 9.59 Å². The molecule has 0 saturated carbocycles. The molecule has 1 fully saturated rings. The summed E-state index contributed by atoms with van der Waals surface area (Å²) < 4.78 is 7.38. The minimum atomic E-state index is -0.477. The number of rotatable bonds is 0. The van der Waals surface area contributed by atoms with E-state index in [0.717, 1.165) is 17.7 Å². The minimum absolute atomic E-state index is 0.0791. The second kappa shape index (κ2) is 5.14. The maximum Gasteiger partial charge on any atom is 0.410 e. The molecule has 120 valence electrons. The maximum absolute atomic E-state index is 12.3. The molecule has 0 aromatic carbocycles. The Morgan fingerprint density at radius 2 is 1.95 bits per heavy atom. The first kappa shape index (κ1) is 15.1. The Morgan fingerprint density at radius 1 is 1.23 bits per heavy atom. The molecule has 2 bridgehead atoms. The average molecular weight is 304 g/mol. The number of fused-ring (bicyclic) bond motifs is 4. The summed E-state index contributed by atoms with van der Waals surface area (Å²) in [5.41, 5.74) is 1.66. The van der Waals surface area contributed by atoms with Crippen LogP contribution in [0.3, 0.4) is 0 Å². The SMILES string of the molecule is Cc1cc2n(c(=O)c1)CC1CC2CN(C(=O)OC(C)(C)C)C1. The van der Waals surface area contributed by atoms with Crippen molar-refractivity contribution in [2.75, 3.05) is 13.1 Å². The van der Waals surface area contributed by atoms with Crippen LogP contribution in [0, 0.1) is 12.8 Å². The van der Waals surface area contributed by atoms with Crippen molar-refractivity contribution >= 4 is 6.09 Å². The number of piperidine rings is 1. The monoisotopic (exact) mass is 304 g/mol. The number of hydrogen-bond donors (Lipinski definition) is 0. The van der Waals surface area contributed by atoms with Crippen molar-refractivity contribution in [1.82, 2.24) is 9.47 Å². The summed E-state index contributed by atoms with van der Waals surface area (Å²) in [6, 6.07) is 3.77. The van der Waals surface area contributed by atoms with E-state index in [1.165, 1.54) is 0 Å². The molecule has 3 rings (SSSR count). The number of likely N-dealkylation sites (tertiary alicyclic amines) is 1. The van der Waals surface area contributed by atoms with Gasteiger partial charge in [-0.15, -0.1) is 0 Å². The Labute approximate surface area is 130 Å². The highest BCUT2D eigenvalue weighted by Crippen LogP contribution is 2.35. The van der Waals surface area contributed by atoms with Crippen LogP contribution in [0.2, 0.25) is 0 Å². The molecule has 2 unspecified atom stereocenters. The van der Waals surface area contributed by atoms with Gasteiger partial charge in [0.05, 0.1) is 0 Å². The fourth-order valence-electron chi connectivity index (χ4n) is 3.57. The van der Waals surface area contributed by atoms with Crippen LogP contribution in [0.5, 0.6) is 0 Å². The standard InChI is InChI=1S/C17H24N2O3/c1-11-5-14-13-7-12(9-19(14)15(20)6-11)8-18(10-13)16(21)22-17(2,3)4/h5-6,12-13H,7-10H2,1-4H3. The molecule has 0 aliphatic carbocycles. The maximum atomic E-state index is 12.3. The minimum Gasteiger partial charge on any atom is -0.444 e. The number of nitrogens with zero attached hydrogens (tertiary/aromatic N) is 2. The molecule has 0 radical (unpaired) electrons. The van der Waals surface area contributed by atoms with Crippen molar-refractivity contribution in [1.29, 1.82) is 0 Å². The van der Waals surface area contributed by atoms with Gasteiger partial charge in [0.15, 0.2) is 0 Å². The second-order valence-electron chi connectivity index (χ2n) is 7.59. The molecule has 2 atom stereocenters. The van der Waals surface area contributed by atoms with E-state index in [1.54, 1.807) is 11.0 Å². The molecule has 22 heavy (non-hydrogen) atoms. The highest BCUT2D eigenvalue weighted by Gasteiger charge is 2.37. The molecular formula is C17H24N2O3.